The Kier molecular flexibility index (Phi) is 5.39. The van der Waals surface area contributed by atoms with Crippen molar-refractivity contribution >= 4 is 21.8 Å². The van der Waals surface area contributed by atoms with E-state index in [9.17, 15) is 4.79 Å². The van der Waals surface area contributed by atoms with E-state index in [-0.39, 0.29) is 5.91 Å². The molecule has 0 aromatic heterocycles. The Bertz CT molecular complexity index is 640. The van der Waals surface area contributed by atoms with E-state index >= 15 is 0 Å². The third-order valence-corrected chi connectivity index (χ3v) is 3.79. The van der Waals surface area contributed by atoms with E-state index in [4.69, 9.17) is 4.74 Å². The summed E-state index contributed by atoms with van der Waals surface area (Å²) in [7, 11) is 0. The number of nitrogens with one attached hydrogen (secondary N) is 1. The number of halogens is 1. The minimum atomic E-state index is -0.105. The molecule has 4 heteroatoms. The molecule has 110 valence electrons. The molecule has 0 bridgehead atoms. The molecule has 1 N–H and O–H groups in total. The van der Waals surface area contributed by atoms with Gasteiger partial charge in [-0.15, -0.1) is 0 Å². The van der Waals surface area contributed by atoms with Gasteiger partial charge in [-0.3, -0.25) is 4.79 Å². The molecule has 0 aliphatic carbocycles. The highest BCUT2D eigenvalue weighted by molar-refractivity contribution is 9.10. The van der Waals surface area contributed by atoms with Crippen LogP contribution in [0.15, 0.2) is 46.9 Å². The lowest BCUT2D eigenvalue weighted by atomic mass is 10.1. The summed E-state index contributed by atoms with van der Waals surface area (Å²) in [6.07, 6.45) is 0. The second kappa shape index (κ2) is 7.27. The zero-order chi connectivity index (χ0) is 15.2. The average Bonchev–Trinajstić information content (AvgIpc) is 2.45. The molecule has 1 amide bonds. The summed E-state index contributed by atoms with van der Waals surface area (Å²) in [4.78, 5) is 12.0. The molecule has 0 radical (unpaired) electrons. The van der Waals surface area contributed by atoms with Crippen LogP contribution in [0.3, 0.4) is 0 Å². The molecule has 0 spiro atoms. The lowest BCUT2D eigenvalue weighted by Gasteiger charge is -2.11. The highest BCUT2D eigenvalue weighted by atomic mass is 79.9. The third-order valence-electron chi connectivity index (χ3n) is 3.09. The fourth-order valence-electron chi connectivity index (χ4n) is 2.03. The van der Waals surface area contributed by atoms with E-state index in [2.05, 4.69) is 34.2 Å². The molecule has 0 atom stereocenters. The summed E-state index contributed by atoms with van der Waals surface area (Å²) in [5, 5.41) is 2.85. The van der Waals surface area contributed by atoms with Gasteiger partial charge in [0.25, 0.3) is 5.91 Å². The van der Waals surface area contributed by atoms with Crippen LogP contribution in [0.25, 0.3) is 0 Å². The Morgan fingerprint density at radius 2 is 1.95 bits per heavy atom. The van der Waals surface area contributed by atoms with Crippen molar-refractivity contribution < 1.29 is 9.53 Å². The molecule has 2 aromatic carbocycles. The quantitative estimate of drug-likeness (QED) is 0.833. The van der Waals surface area contributed by atoms with Crippen molar-refractivity contribution in [3.63, 3.8) is 0 Å². The van der Waals surface area contributed by atoms with Crippen molar-refractivity contribution in [2.24, 2.45) is 0 Å². The van der Waals surface area contributed by atoms with Crippen LogP contribution in [0.4, 0.5) is 0 Å². The number of benzene rings is 2. The molecule has 21 heavy (non-hydrogen) atoms. The van der Waals surface area contributed by atoms with Crippen molar-refractivity contribution in [2.45, 2.75) is 13.8 Å². The van der Waals surface area contributed by atoms with Crippen LogP contribution < -0.4 is 10.1 Å². The Morgan fingerprint density at radius 3 is 2.67 bits per heavy atom. The first kappa shape index (κ1) is 15.6. The van der Waals surface area contributed by atoms with E-state index in [1.54, 1.807) is 6.07 Å². The van der Waals surface area contributed by atoms with Crippen molar-refractivity contribution in [1.82, 2.24) is 5.32 Å². The molecule has 0 aliphatic rings. The maximum atomic E-state index is 12.0. The molecule has 3 nitrogen and oxygen atoms in total. The maximum absolute atomic E-state index is 12.0. The molecule has 0 heterocycles. The molecule has 2 aromatic rings. The predicted molar refractivity (Wildman–Crippen MR) is 87.9 cm³/mol. The molecule has 2 rings (SSSR count). The fourth-order valence-corrected chi connectivity index (χ4v) is 2.49. The summed E-state index contributed by atoms with van der Waals surface area (Å²) >= 11 is 3.37. The predicted octanol–water partition coefficient (Wildman–Crippen LogP) is 3.87. The van der Waals surface area contributed by atoms with Crippen LogP contribution in [0.1, 0.15) is 21.5 Å². The molecule has 0 saturated heterocycles. The number of aryl methyl sites for hydroxylation is 2. The summed E-state index contributed by atoms with van der Waals surface area (Å²) in [5.41, 5.74) is 2.94. The summed E-state index contributed by atoms with van der Waals surface area (Å²) < 4.78 is 6.47. The minimum Gasteiger partial charge on any atom is -0.491 e. The number of rotatable bonds is 5. The monoisotopic (exact) mass is 347 g/mol. The van der Waals surface area contributed by atoms with Gasteiger partial charge in [-0.25, -0.2) is 0 Å². The number of amides is 1. The van der Waals surface area contributed by atoms with Crippen LogP contribution >= 0.6 is 15.9 Å². The van der Waals surface area contributed by atoms with Gasteiger partial charge in [0.05, 0.1) is 12.1 Å². The average molecular weight is 348 g/mol. The van der Waals surface area contributed by atoms with Gasteiger partial charge in [0.1, 0.15) is 12.4 Å². The zero-order valence-electron chi connectivity index (χ0n) is 12.2. The van der Waals surface area contributed by atoms with E-state index in [0.717, 1.165) is 15.8 Å². The molecule has 0 saturated carbocycles. The smallest absolute Gasteiger partial charge is 0.252 e. The zero-order valence-corrected chi connectivity index (χ0v) is 13.7. The molecule has 0 aliphatic heterocycles. The fraction of sp³-hybridized carbons (Fsp3) is 0.235. The highest BCUT2D eigenvalue weighted by Gasteiger charge is 2.08. The SMILES string of the molecule is Cc1ccc(OCCNC(=O)c2ccccc2Br)c(C)c1. The lowest BCUT2D eigenvalue weighted by molar-refractivity contribution is 0.0946. The van der Waals surface area contributed by atoms with E-state index in [0.29, 0.717) is 18.7 Å². The number of ether oxygens (including phenoxy) is 1. The number of carbonyl (C=O) groups is 1. The van der Waals surface area contributed by atoms with Crippen LogP contribution in [0.2, 0.25) is 0 Å². The first-order chi connectivity index (χ1) is 10.1. The minimum absolute atomic E-state index is 0.105. The van der Waals surface area contributed by atoms with Gasteiger partial charge >= 0.3 is 0 Å². The van der Waals surface area contributed by atoms with E-state index in [1.165, 1.54) is 5.56 Å². The summed E-state index contributed by atoms with van der Waals surface area (Å²) in [6.45, 7) is 4.98. The Labute approximate surface area is 133 Å². The first-order valence-electron chi connectivity index (χ1n) is 6.80. The van der Waals surface area contributed by atoms with Crippen LogP contribution in [0.5, 0.6) is 5.75 Å². The van der Waals surface area contributed by atoms with Crippen molar-refractivity contribution in [3.05, 3.63) is 63.6 Å². The Morgan fingerprint density at radius 1 is 1.19 bits per heavy atom. The Balaban J connectivity index is 1.82. The Hall–Kier alpha value is -1.81. The number of hydrogen-bond acceptors (Lipinski definition) is 2. The lowest BCUT2D eigenvalue weighted by Crippen LogP contribution is -2.28. The third kappa shape index (κ3) is 4.33. The normalized spacial score (nSPS) is 10.2. The van der Waals surface area contributed by atoms with Crippen molar-refractivity contribution in [2.75, 3.05) is 13.2 Å². The first-order valence-corrected chi connectivity index (χ1v) is 7.60. The molecular formula is C17H18BrNO2. The highest BCUT2D eigenvalue weighted by Crippen LogP contribution is 2.18. The standard InChI is InChI=1S/C17H18BrNO2/c1-12-7-8-16(13(2)11-12)21-10-9-19-17(20)14-5-3-4-6-15(14)18/h3-8,11H,9-10H2,1-2H3,(H,19,20). The van der Waals surface area contributed by atoms with Gasteiger partial charge in [-0.1, -0.05) is 29.8 Å². The molecular weight excluding hydrogens is 330 g/mol. The maximum Gasteiger partial charge on any atom is 0.252 e. The summed E-state index contributed by atoms with van der Waals surface area (Å²) in [6, 6.07) is 13.4. The second-order valence-corrected chi connectivity index (χ2v) is 5.71. The van der Waals surface area contributed by atoms with Gasteiger partial charge < -0.3 is 10.1 Å². The van der Waals surface area contributed by atoms with Gasteiger partial charge in [-0.2, -0.15) is 0 Å². The van der Waals surface area contributed by atoms with Gasteiger partial charge in [-0.05, 0) is 53.5 Å². The van der Waals surface area contributed by atoms with Gasteiger partial charge in [0.15, 0.2) is 0 Å². The number of hydrogen-bond donors (Lipinski definition) is 1. The topological polar surface area (TPSA) is 38.3 Å². The van der Waals surface area contributed by atoms with Crippen LogP contribution in [0, 0.1) is 13.8 Å². The van der Waals surface area contributed by atoms with E-state index in [1.807, 2.05) is 37.3 Å². The summed E-state index contributed by atoms with van der Waals surface area (Å²) in [5.74, 6) is 0.752. The van der Waals surface area contributed by atoms with Gasteiger partial charge in [0, 0.05) is 4.47 Å². The number of carbonyl (C=O) groups excluding carboxylic acids is 1. The van der Waals surface area contributed by atoms with Crippen LogP contribution in [-0.4, -0.2) is 19.1 Å². The van der Waals surface area contributed by atoms with Crippen molar-refractivity contribution in [1.29, 1.82) is 0 Å². The van der Waals surface area contributed by atoms with E-state index < -0.39 is 0 Å². The van der Waals surface area contributed by atoms with Crippen LogP contribution in [-0.2, 0) is 0 Å². The van der Waals surface area contributed by atoms with Crippen molar-refractivity contribution in [3.8, 4) is 5.75 Å². The second-order valence-electron chi connectivity index (χ2n) is 4.85. The van der Waals surface area contributed by atoms with Gasteiger partial charge in [0.2, 0.25) is 0 Å². The largest absolute Gasteiger partial charge is 0.491 e. The molecule has 0 unspecified atom stereocenters. The molecule has 0 fully saturated rings.